The van der Waals surface area contributed by atoms with Crippen LogP contribution in [-0.4, -0.2) is 23.0 Å². The third kappa shape index (κ3) is 6.88. The van der Waals surface area contributed by atoms with Crippen molar-refractivity contribution in [3.8, 4) is 22.3 Å². The van der Waals surface area contributed by atoms with Crippen molar-refractivity contribution in [1.29, 1.82) is 0 Å². The van der Waals surface area contributed by atoms with Gasteiger partial charge < -0.3 is 10.4 Å². The molecule has 4 rings (SSSR count). The van der Waals surface area contributed by atoms with Gasteiger partial charge in [0.2, 0.25) is 0 Å². The minimum atomic E-state index is -5.00. The van der Waals surface area contributed by atoms with Crippen LogP contribution in [0.4, 0.5) is 26.3 Å². The highest BCUT2D eigenvalue weighted by Crippen LogP contribution is 2.38. The van der Waals surface area contributed by atoms with Crippen molar-refractivity contribution in [3.63, 3.8) is 0 Å². The number of halogens is 6. The van der Waals surface area contributed by atoms with Crippen LogP contribution >= 0.6 is 0 Å². The van der Waals surface area contributed by atoms with Crippen LogP contribution in [-0.2, 0) is 23.6 Å². The van der Waals surface area contributed by atoms with E-state index in [2.05, 4.69) is 5.32 Å². The van der Waals surface area contributed by atoms with Crippen molar-refractivity contribution in [2.75, 3.05) is 0 Å². The Labute approximate surface area is 224 Å². The van der Waals surface area contributed by atoms with Gasteiger partial charge in [0, 0.05) is 12.0 Å². The number of carbonyl (C=O) groups is 2. The molecule has 4 nitrogen and oxygen atoms in total. The summed E-state index contributed by atoms with van der Waals surface area (Å²) in [6.45, 7) is 0. The van der Waals surface area contributed by atoms with Gasteiger partial charge in [-0.2, -0.15) is 26.3 Å². The molecule has 10 heteroatoms. The van der Waals surface area contributed by atoms with E-state index >= 15 is 0 Å². The highest BCUT2D eigenvalue weighted by molar-refractivity contribution is 5.97. The van der Waals surface area contributed by atoms with Gasteiger partial charge in [-0.15, -0.1) is 0 Å². The lowest BCUT2D eigenvalue weighted by atomic mass is 9.98. The summed E-state index contributed by atoms with van der Waals surface area (Å²) in [5, 5.41) is 12.0. The van der Waals surface area contributed by atoms with Gasteiger partial charge in [-0.25, -0.2) is 4.79 Å². The van der Waals surface area contributed by atoms with Crippen LogP contribution in [0, 0.1) is 0 Å². The molecule has 0 aliphatic rings. The zero-order chi connectivity index (χ0) is 29.1. The molecule has 0 unspecified atom stereocenters. The van der Waals surface area contributed by atoms with E-state index in [0.717, 1.165) is 11.1 Å². The second kappa shape index (κ2) is 11.3. The van der Waals surface area contributed by atoms with Crippen molar-refractivity contribution in [2.24, 2.45) is 0 Å². The molecular formula is C30H21F6NO3. The Balaban J connectivity index is 1.50. The summed E-state index contributed by atoms with van der Waals surface area (Å²) >= 11 is 0. The van der Waals surface area contributed by atoms with Gasteiger partial charge in [-0.05, 0) is 58.1 Å². The summed E-state index contributed by atoms with van der Waals surface area (Å²) in [4.78, 5) is 24.6. The van der Waals surface area contributed by atoms with E-state index < -0.39 is 41.4 Å². The maximum absolute atomic E-state index is 13.2. The van der Waals surface area contributed by atoms with Crippen LogP contribution in [0.25, 0.3) is 22.3 Å². The number of carboxylic acid groups (broad SMARTS) is 1. The summed E-state index contributed by atoms with van der Waals surface area (Å²) in [6, 6.07) is 21.4. The maximum atomic E-state index is 13.2. The van der Waals surface area contributed by atoms with Crippen LogP contribution in [0.5, 0.6) is 0 Å². The van der Waals surface area contributed by atoms with Crippen molar-refractivity contribution in [1.82, 2.24) is 5.32 Å². The van der Waals surface area contributed by atoms with Gasteiger partial charge in [0.05, 0.1) is 11.1 Å². The monoisotopic (exact) mass is 557 g/mol. The fourth-order valence-electron chi connectivity index (χ4n) is 4.08. The Morgan fingerprint density at radius 1 is 0.650 bits per heavy atom. The molecular weight excluding hydrogens is 536 g/mol. The average Bonchev–Trinajstić information content (AvgIpc) is 2.92. The molecule has 2 N–H and O–H groups in total. The van der Waals surface area contributed by atoms with Crippen LogP contribution in [0.15, 0.2) is 97.1 Å². The quantitative estimate of drug-likeness (QED) is 0.232. The first-order valence-electron chi connectivity index (χ1n) is 11.9. The van der Waals surface area contributed by atoms with Crippen LogP contribution < -0.4 is 5.32 Å². The Bertz CT molecular complexity index is 1460. The smallest absolute Gasteiger partial charge is 0.416 e. The molecule has 0 bridgehead atoms. The van der Waals surface area contributed by atoms with E-state index in [1.807, 2.05) is 42.5 Å². The fraction of sp³-hybridized carbons (Fsp3) is 0.133. The number of rotatable bonds is 7. The first-order chi connectivity index (χ1) is 18.8. The number of nitrogens with one attached hydrogen (secondary N) is 1. The third-order valence-electron chi connectivity index (χ3n) is 6.17. The van der Waals surface area contributed by atoms with Crippen molar-refractivity contribution < 1.29 is 41.0 Å². The molecule has 4 aromatic carbocycles. The van der Waals surface area contributed by atoms with Gasteiger partial charge in [-0.1, -0.05) is 66.7 Å². The highest BCUT2D eigenvalue weighted by Gasteiger charge is 2.37. The number of carboxylic acids is 1. The first kappa shape index (κ1) is 28.4. The summed E-state index contributed by atoms with van der Waals surface area (Å²) in [5.41, 5.74) is -0.674. The Morgan fingerprint density at radius 2 is 1.12 bits per heavy atom. The number of aliphatic carboxylic acids is 1. The van der Waals surface area contributed by atoms with E-state index in [9.17, 15) is 41.0 Å². The standard InChI is InChI=1S/C30H21F6NO3/c31-29(32,33)24-15-23(16-25(17-24)30(34,35)36)21-10-12-22(13-11-21)27(38)37-26(28(39)40)14-18-6-8-20(9-7-18)19-4-2-1-3-5-19/h1-13,15-17,26H,14H2,(H,37,38)(H,39,40)/t26-/m0/s1. The average molecular weight is 557 g/mol. The number of alkyl halides is 6. The van der Waals surface area contributed by atoms with E-state index in [4.69, 9.17) is 0 Å². The van der Waals surface area contributed by atoms with E-state index in [0.29, 0.717) is 17.7 Å². The minimum Gasteiger partial charge on any atom is -0.480 e. The molecule has 1 atom stereocenters. The lowest BCUT2D eigenvalue weighted by Crippen LogP contribution is -2.42. The molecule has 0 saturated carbocycles. The molecule has 0 aliphatic heterocycles. The predicted octanol–water partition coefficient (Wildman–Crippen LogP) is 7.48. The van der Waals surface area contributed by atoms with Crippen molar-refractivity contribution in [2.45, 2.75) is 24.8 Å². The van der Waals surface area contributed by atoms with Crippen LogP contribution in [0.3, 0.4) is 0 Å². The number of amides is 1. The molecule has 0 heterocycles. The largest absolute Gasteiger partial charge is 0.480 e. The summed E-state index contributed by atoms with van der Waals surface area (Å²) in [5.74, 6) is -2.04. The van der Waals surface area contributed by atoms with E-state index in [1.165, 1.54) is 24.3 Å². The fourth-order valence-corrected chi connectivity index (χ4v) is 4.08. The molecule has 206 valence electrons. The lowest BCUT2D eigenvalue weighted by molar-refractivity contribution is -0.143. The van der Waals surface area contributed by atoms with Gasteiger partial charge in [0.15, 0.2) is 0 Å². The normalized spacial score (nSPS) is 12.6. The molecule has 0 fully saturated rings. The second-order valence-electron chi connectivity index (χ2n) is 9.00. The molecule has 0 aliphatic carbocycles. The SMILES string of the molecule is O=C(N[C@@H](Cc1ccc(-c2ccccc2)cc1)C(=O)O)c1ccc(-c2cc(C(F)(F)F)cc(C(F)(F)F)c2)cc1. The summed E-state index contributed by atoms with van der Waals surface area (Å²) in [7, 11) is 0. The Morgan fingerprint density at radius 3 is 1.62 bits per heavy atom. The summed E-state index contributed by atoms with van der Waals surface area (Å²) < 4.78 is 79.2. The van der Waals surface area contributed by atoms with E-state index in [1.54, 1.807) is 12.1 Å². The Hall–Kier alpha value is -4.60. The topological polar surface area (TPSA) is 66.4 Å². The lowest BCUT2D eigenvalue weighted by Gasteiger charge is -2.16. The molecule has 1 amide bonds. The van der Waals surface area contributed by atoms with Gasteiger partial charge in [-0.3, -0.25) is 4.79 Å². The number of benzene rings is 4. The van der Waals surface area contributed by atoms with E-state index in [-0.39, 0.29) is 29.2 Å². The molecule has 0 spiro atoms. The van der Waals surface area contributed by atoms with Gasteiger partial charge in [0.25, 0.3) is 5.91 Å². The predicted molar refractivity (Wildman–Crippen MR) is 136 cm³/mol. The first-order valence-corrected chi connectivity index (χ1v) is 11.9. The molecule has 4 aromatic rings. The minimum absolute atomic E-state index is 0.0152. The van der Waals surface area contributed by atoms with Crippen molar-refractivity contribution in [3.05, 3.63) is 119 Å². The van der Waals surface area contributed by atoms with Gasteiger partial charge >= 0.3 is 18.3 Å². The molecule has 0 saturated heterocycles. The number of carbonyl (C=O) groups excluding carboxylic acids is 1. The number of hydrogen-bond acceptors (Lipinski definition) is 2. The number of hydrogen-bond donors (Lipinski definition) is 2. The molecule has 0 radical (unpaired) electrons. The van der Waals surface area contributed by atoms with Crippen LogP contribution in [0.1, 0.15) is 27.0 Å². The molecule has 40 heavy (non-hydrogen) atoms. The summed E-state index contributed by atoms with van der Waals surface area (Å²) in [6.07, 6.45) is -10.0. The third-order valence-corrected chi connectivity index (χ3v) is 6.17. The Kier molecular flexibility index (Phi) is 7.99. The molecule has 0 aromatic heterocycles. The van der Waals surface area contributed by atoms with Crippen LogP contribution in [0.2, 0.25) is 0 Å². The van der Waals surface area contributed by atoms with Gasteiger partial charge in [0.1, 0.15) is 6.04 Å². The second-order valence-corrected chi connectivity index (χ2v) is 9.00. The zero-order valence-corrected chi connectivity index (χ0v) is 20.6. The maximum Gasteiger partial charge on any atom is 0.416 e. The highest BCUT2D eigenvalue weighted by atomic mass is 19.4. The van der Waals surface area contributed by atoms with Crippen molar-refractivity contribution >= 4 is 11.9 Å². The zero-order valence-electron chi connectivity index (χ0n) is 20.6.